The molecule has 0 N–H and O–H groups in total. The van der Waals surface area contributed by atoms with Crippen LogP contribution < -0.4 is 0 Å². The van der Waals surface area contributed by atoms with Gasteiger partial charge in [0.15, 0.2) is 0 Å². The molecule has 0 aliphatic carbocycles. The molecule has 16 heavy (non-hydrogen) atoms. The molecule has 2 rings (SSSR count). The monoisotopic (exact) mass is 248 g/mol. The van der Waals surface area contributed by atoms with Crippen molar-refractivity contribution in [2.45, 2.75) is 26.2 Å². The highest BCUT2D eigenvalue weighted by Crippen LogP contribution is 2.30. The molecular formula is C12H12N2S2. The van der Waals surface area contributed by atoms with Crippen molar-refractivity contribution in [3.63, 3.8) is 0 Å². The summed E-state index contributed by atoms with van der Waals surface area (Å²) in [5.74, 6) is 0. The van der Waals surface area contributed by atoms with Crippen LogP contribution in [0.3, 0.4) is 0 Å². The lowest BCUT2D eigenvalue weighted by molar-refractivity contribution is 0.843. The number of rotatable bonds is 4. The molecule has 4 heteroatoms. The van der Waals surface area contributed by atoms with Crippen LogP contribution in [-0.4, -0.2) is 4.98 Å². The Balaban J connectivity index is 2.09. The van der Waals surface area contributed by atoms with E-state index in [1.165, 1.54) is 10.4 Å². The van der Waals surface area contributed by atoms with Crippen molar-refractivity contribution in [1.82, 2.24) is 4.98 Å². The van der Waals surface area contributed by atoms with Crippen LogP contribution >= 0.6 is 22.7 Å². The first-order valence-electron chi connectivity index (χ1n) is 5.17. The molecule has 0 saturated carbocycles. The van der Waals surface area contributed by atoms with Crippen molar-refractivity contribution in [3.05, 3.63) is 27.4 Å². The number of nitriles is 1. The minimum absolute atomic E-state index is 0.618. The number of hydrogen-bond donors (Lipinski definition) is 0. The van der Waals surface area contributed by atoms with E-state index in [9.17, 15) is 0 Å². The lowest BCUT2D eigenvalue weighted by Gasteiger charge is -1.93. The number of thiazole rings is 1. The van der Waals surface area contributed by atoms with Crippen LogP contribution in [0.2, 0.25) is 0 Å². The highest BCUT2D eigenvalue weighted by molar-refractivity contribution is 7.14. The van der Waals surface area contributed by atoms with Crippen molar-refractivity contribution in [2.75, 3.05) is 0 Å². The van der Waals surface area contributed by atoms with Gasteiger partial charge in [-0.1, -0.05) is 0 Å². The molecule has 0 aromatic carbocycles. The Hall–Kier alpha value is -1.18. The topological polar surface area (TPSA) is 36.7 Å². The van der Waals surface area contributed by atoms with Gasteiger partial charge in [-0.3, -0.25) is 0 Å². The van der Waals surface area contributed by atoms with Gasteiger partial charge in [0.1, 0.15) is 0 Å². The van der Waals surface area contributed by atoms with Gasteiger partial charge in [0.25, 0.3) is 0 Å². The van der Waals surface area contributed by atoms with E-state index in [0.29, 0.717) is 6.42 Å². The standard InChI is InChI=1S/C12H12N2S2/c1-9-5-7-15-12(9)10-8-16-11(14-10)4-2-3-6-13/h5,7-8H,2-4H2,1H3. The minimum atomic E-state index is 0.618. The molecule has 2 aromatic heterocycles. The maximum Gasteiger partial charge on any atom is 0.0933 e. The third kappa shape index (κ3) is 2.49. The Morgan fingerprint density at radius 3 is 3.00 bits per heavy atom. The predicted octanol–water partition coefficient (Wildman–Crippen LogP) is 4.03. The first kappa shape index (κ1) is 11.3. The Morgan fingerprint density at radius 1 is 1.44 bits per heavy atom. The Labute approximate surface area is 103 Å². The molecule has 2 aromatic rings. The highest BCUT2D eigenvalue weighted by Gasteiger charge is 2.07. The van der Waals surface area contributed by atoms with Crippen LogP contribution in [0.15, 0.2) is 16.8 Å². The van der Waals surface area contributed by atoms with Gasteiger partial charge in [-0.15, -0.1) is 22.7 Å². The maximum absolute atomic E-state index is 8.47. The Bertz CT molecular complexity index is 505. The molecule has 2 nitrogen and oxygen atoms in total. The SMILES string of the molecule is Cc1ccsc1-c1csc(CCCC#N)n1. The summed E-state index contributed by atoms with van der Waals surface area (Å²) in [6.07, 6.45) is 2.45. The molecule has 0 unspecified atom stereocenters. The smallest absolute Gasteiger partial charge is 0.0933 e. The van der Waals surface area contributed by atoms with Crippen LogP contribution in [-0.2, 0) is 6.42 Å². The van der Waals surface area contributed by atoms with Crippen LogP contribution in [0.25, 0.3) is 10.6 Å². The first-order valence-corrected chi connectivity index (χ1v) is 6.93. The largest absolute Gasteiger partial charge is 0.240 e. The zero-order valence-corrected chi connectivity index (χ0v) is 10.7. The van der Waals surface area contributed by atoms with Gasteiger partial charge in [0.05, 0.1) is 21.6 Å². The zero-order valence-electron chi connectivity index (χ0n) is 9.06. The molecular weight excluding hydrogens is 236 g/mol. The molecule has 0 amide bonds. The third-order valence-corrected chi connectivity index (χ3v) is 4.27. The number of aryl methyl sites for hydroxylation is 2. The first-order chi connectivity index (χ1) is 7.81. The summed E-state index contributed by atoms with van der Waals surface area (Å²) < 4.78 is 0. The fourth-order valence-electron chi connectivity index (χ4n) is 1.48. The Morgan fingerprint density at radius 2 is 2.31 bits per heavy atom. The quantitative estimate of drug-likeness (QED) is 0.766. The van der Waals surface area contributed by atoms with Crippen molar-refractivity contribution < 1.29 is 0 Å². The van der Waals surface area contributed by atoms with Crippen molar-refractivity contribution in [3.8, 4) is 16.6 Å². The molecule has 0 atom stereocenters. The maximum atomic E-state index is 8.47. The summed E-state index contributed by atoms with van der Waals surface area (Å²) in [5.41, 5.74) is 2.38. The average Bonchev–Trinajstić information content (AvgIpc) is 2.87. The second kappa shape index (κ2) is 5.24. The lowest BCUT2D eigenvalue weighted by Crippen LogP contribution is -1.84. The summed E-state index contributed by atoms with van der Waals surface area (Å²) in [5, 5.41) is 13.8. The van der Waals surface area contributed by atoms with Gasteiger partial charge in [0.2, 0.25) is 0 Å². The van der Waals surface area contributed by atoms with E-state index in [1.54, 1.807) is 22.7 Å². The van der Waals surface area contributed by atoms with Crippen LogP contribution in [0.1, 0.15) is 23.4 Å². The van der Waals surface area contributed by atoms with Gasteiger partial charge in [0, 0.05) is 18.2 Å². The fourth-order valence-corrected chi connectivity index (χ4v) is 3.28. The number of aromatic nitrogens is 1. The molecule has 0 radical (unpaired) electrons. The zero-order chi connectivity index (χ0) is 11.4. The third-order valence-electron chi connectivity index (χ3n) is 2.33. The highest BCUT2D eigenvalue weighted by atomic mass is 32.1. The van der Waals surface area contributed by atoms with E-state index < -0.39 is 0 Å². The van der Waals surface area contributed by atoms with Crippen molar-refractivity contribution in [1.29, 1.82) is 5.26 Å². The lowest BCUT2D eigenvalue weighted by atomic mass is 10.2. The van der Waals surface area contributed by atoms with E-state index in [0.717, 1.165) is 23.5 Å². The van der Waals surface area contributed by atoms with Crippen molar-refractivity contribution >= 4 is 22.7 Å². The summed E-state index contributed by atoms with van der Waals surface area (Å²) in [6, 6.07) is 4.28. The molecule has 0 fully saturated rings. The fraction of sp³-hybridized carbons (Fsp3) is 0.333. The predicted molar refractivity (Wildman–Crippen MR) is 68.7 cm³/mol. The van der Waals surface area contributed by atoms with Crippen molar-refractivity contribution in [2.24, 2.45) is 0 Å². The second-order valence-corrected chi connectivity index (χ2v) is 5.43. The number of nitrogens with zero attached hydrogens (tertiary/aromatic N) is 2. The normalized spacial score (nSPS) is 10.2. The summed E-state index contributed by atoms with van der Waals surface area (Å²) >= 11 is 3.43. The number of thiophene rings is 1. The van der Waals surface area contributed by atoms with Gasteiger partial charge >= 0.3 is 0 Å². The summed E-state index contributed by atoms with van der Waals surface area (Å²) in [7, 11) is 0. The number of hydrogen-bond acceptors (Lipinski definition) is 4. The Kier molecular flexibility index (Phi) is 3.70. The van der Waals surface area contributed by atoms with E-state index in [2.05, 4.69) is 34.8 Å². The van der Waals surface area contributed by atoms with E-state index in [4.69, 9.17) is 5.26 Å². The minimum Gasteiger partial charge on any atom is -0.240 e. The second-order valence-electron chi connectivity index (χ2n) is 3.57. The summed E-state index contributed by atoms with van der Waals surface area (Å²) in [4.78, 5) is 5.87. The molecule has 82 valence electrons. The molecule has 0 saturated heterocycles. The van der Waals surface area contributed by atoms with E-state index in [1.807, 2.05) is 0 Å². The van der Waals surface area contributed by atoms with Gasteiger partial charge in [-0.2, -0.15) is 5.26 Å². The van der Waals surface area contributed by atoms with Gasteiger partial charge in [-0.25, -0.2) is 4.98 Å². The van der Waals surface area contributed by atoms with E-state index >= 15 is 0 Å². The molecule has 0 aliphatic heterocycles. The molecule has 0 aliphatic rings. The summed E-state index contributed by atoms with van der Waals surface area (Å²) in [6.45, 7) is 2.11. The van der Waals surface area contributed by atoms with Crippen LogP contribution in [0.4, 0.5) is 0 Å². The van der Waals surface area contributed by atoms with Gasteiger partial charge in [-0.05, 0) is 30.4 Å². The average molecular weight is 248 g/mol. The molecule has 0 bridgehead atoms. The number of unbranched alkanes of at least 4 members (excludes halogenated alkanes) is 1. The van der Waals surface area contributed by atoms with Crippen LogP contribution in [0.5, 0.6) is 0 Å². The van der Waals surface area contributed by atoms with Gasteiger partial charge < -0.3 is 0 Å². The van der Waals surface area contributed by atoms with E-state index in [-0.39, 0.29) is 0 Å². The van der Waals surface area contributed by atoms with Crippen LogP contribution in [0, 0.1) is 18.3 Å². The molecule has 2 heterocycles. The molecule has 0 spiro atoms.